The first-order valence-electron chi connectivity index (χ1n) is 8.21. The molecular formula is C18H24IN5O. The summed E-state index contributed by atoms with van der Waals surface area (Å²) in [5.41, 5.74) is 2.26. The van der Waals surface area contributed by atoms with Gasteiger partial charge in [-0.05, 0) is 30.2 Å². The highest BCUT2D eigenvalue weighted by Crippen LogP contribution is 2.27. The molecule has 1 aliphatic rings. The molecule has 7 heteroatoms. The number of hydrogen-bond donors (Lipinski definition) is 2. The molecule has 1 aromatic heterocycles. The van der Waals surface area contributed by atoms with E-state index in [0.29, 0.717) is 5.96 Å². The summed E-state index contributed by atoms with van der Waals surface area (Å²) in [5.74, 6) is 0.705. The standard InChI is InChI=1S/C18H23N5O.HI/c1-19-18(20-9-13-22-10-4-5-11-22)21-14-17(24)23-12-8-15-6-2-3-7-16(15)23;/h2-7,10-11H,8-9,12-14H2,1H3,(H2,19,20,21);1H. The minimum Gasteiger partial charge on any atom is -0.355 e. The van der Waals surface area contributed by atoms with Crippen molar-refractivity contribution in [2.75, 3.05) is 31.6 Å². The quantitative estimate of drug-likeness (QED) is 0.413. The van der Waals surface area contributed by atoms with Crippen molar-refractivity contribution in [2.45, 2.75) is 13.0 Å². The summed E-state index contributed by atoms with van der Waals surface area (Å²) in [4.78, 5) is 18.5. The van der Waals surface area contributed by atoms with Gasteiger partial charge >= 0.3 is 0 Å². The van der Waals surface area contributed by atoms with Crippen molar-refractivity contribution in [1.82, 2.24) is 15.2 Å². The lowest BCUT2D eigenvalue weighted by Crippen LogP contribution is -2.45. The molecule has 0 unspecified atom stereocenters. The molecule has 0 saturated carbocycles. The van der Waals surface area contributed by atoms with Gasteiger partial charge < -0.3 is 20.1 Å². The van der Waals surface area contributed by atoms with Gasteiger partial charge in [0.2, 0.25) is 5.91 Å². The number of benzene rings is 1. The summed E-state index contributed by atoms with van der Waals surface area (Å²) >= 11 is 0. The molecule has 2 N–H and O–H groups in total. The third-order valence-corrected chi connectivity index (χ3v) is 4.15. The molecule has 2 heterocycles. The van der Waals surface area contributed by atoms with Crippen LogP contribution in [0, 0.1) is 0 Å². The number of rotatable bonds is 5. The van der Waals surface area contributed by atoms with Crippen LogP contribution in [0.5, 0.6) is 0 Å². The molecule has 0 spiro atoms. The molecule has 0 aliphatic carbocycles. The van der Waals surface area contributed by atoms with Gasteiger partial charge in [0.05, 0.1) is 6.54 Å². The number of halogens is 1. The molecule has 0 bridgehead atoms. The smallest absolute Gasteiger partial charge is 0.246 e. The lowest BCUT2D eigenvalue weighted by molar-refractivity contribution is -0.117. The van der Waals surface area contributed by atoms with Crippen LogP contribution in [-0.2, 0) is 17.8 Å². The third kappa shape index (κ3) is 4.97. The number of amides is 1. The molecule has 25 heavy (non-hydrogen) atoms. The highest BCUT2D eigenvalue weighted by Gasteiger charge is 2.23. The molecule has 6 nitrogen and oxygen atoms in total. The van der Waals surface area contributed by atoms with E-state index in [1.54, 1.807) is 7.05 Å². The number of para-hydroxylation sites is 1. The maximum Gasteiger partial charge on any atom is 0.246 e. The number of guanidine groups is 1. The Morgan fingerprint density at radius 1 is 1.16 bits per heavy atom. The van der Waals surface area contributed by atoms with Crippen molar-refractivity contribution in [3.05, 3.63) is 54.4 Å². The second-order valence-electron chi connectivity index (χ2n) is 5.70. The van der Waals surface area contributed by atoms with Gasteiger partial charge in [0.1, 0.15) is 0 Å². The van der Waals surface area contributed by atoms with Gasteiger partial charge in [0.25, 0.3) is 0 Å². The number of carbonyl (C=O) groups excluding carboxylic acids is 1. The van der Waals surface area contributed by atoms with E-state index < -0.39 is 0 Å². The number of hydrogen-bond acceptors (Lipinski definition) is 2. The molecule has 3 rings (SSSR count). The zero-order chi connectivity index (χ0) is 16.8. The molecular weight excluding hydrogens is 429 g/mol. The highest BCUT2D eigenvalue weighted by atomic mass is 127. The van der Waals surface area contributed by atoms with Crippen molar-refractivity contribution in [3.8, 4) is 0 Å². The zero-order valence-electron chi connectivity index (χ0n) is 14.3. The van der Waals surface area contributed by atoms with Crippen LogP contribution >= 0.6 is 24.0 Å². The van der Waals surface area contributed by atoms with Crippen LogP contribution in [0.3, 0.4) is 0 Å². The maximum atomic E-state index is 12.5. The largest absolute Gasteiger partial charge is 0.355 e. The Bertz CT molecular complexity index is 714. The van der Waals surface area contributed by atoms with E-state index in [2.05, 4.69) is 26.3 Å². The van der Waals surface area contributed by atoms with Gasteiger partial charge in [-0.3, -0.25) is 9.79 Å². The van der Waals surface area contributed by atoms with Crippen LogP contribution in [0.15, 0.2) is 53.8 Å². The van der Waals surface area contributed by atoms with Gasteiger partial charge in [-0.25, -0.2) is 0 Å². The van der Waals surface area contributed by atoms with Crippen molar-refractivity contribution in [3.63, 3.8) is 0 Å². The number of fused-ring (bicyclic) bond motifs is 1. The molecule has 1 aliphatic heterocycles. The fourth-order valence-electron chi connectivity index (χ4n) is 2.90. The van der Waals surface area contributed by atoms with E-state index >= 15 is 0 Å². The van der Waals surface area contributed by atoms with Crippen molar-refractivity contribution >= 4 is 41.5 Å². The number of anilines is 1. The second kappa shape index (κ2) is 9.45. The average molecular weight is 453 g/mol. The predicted molar refractivity (Wildman–Crippen MR) is 112 cm³/mol. The minimum atomic E-state index is 0. The number of carbonyl (C=O) groups is 1. The third-order valence-electron chi connectivity index (χ3n) is 4.15. The first-order chi connectivity index (χ1) is 11.8. The topological polar surface area (TPSA) is 61.7 Å². The molecule has 0 atom stereocenters. The predicted octanol–water partition coefficient (Wildman–Crippen LogP) is 1.86. The van der Waals surface area contributed by atoms with Crippen molar-refractivity contribution in [1.29, 1.82) is 0 Å². The first-order valence-corrected chi connectivity index (χ1v) is 8.21. The van der Waals surface area contributed by atoms with Crippen molar-refractivity contribution in [2.24, 2.45) is 4.99 Å². The van der Waals surface area contributed by atoms with E-state index in [1.807, 2.05) is 47.6 Å². The summed E-state index contributed by atoms with van der Waals surface area (Å²) < 4.78 is 2.09. The molecule has 0 fully saturated rings. The normalized spacial score (nSPS) is 13.2. The number of nitrogens with one attached hydrogen (secondary N) is 2. The number of nitrogens with zero attached hydrogens (tertiary/aromatic N) is 3. The van der Waals surface area contributed by atoms with E-state index in [9.17, 15) is 4.79 Å². The van der Waals surface area contributed by atoms with Crippen LogP contribution in [0.4, 0.5) is 5.69 Å². The molecule has 0 radical (unpaired) electrons. The summed E-state index contributed by atoms with van der Waals surface area (Å²) in [7, 11) is 1.71. The molecule has 0 saturated heterocycles. The maximum absolute atomic E-state index is 12.5. The van der Waals surface area contributed by atoms with Crippen LogP contribution in [0.1, 0.15) is 5.56 Å². The number of aromatic nitrogens is 1. The fourth-order valence-corrected chi connectivity index (χ4v) is 2.90. The van der Waals surface area contributed by atoms with Gasteiger partial charge in [0.15, 0.2) is 5.96 Å². The summed E-state index contributed by atoms with van der Waals surface area (Å²) in [6.45, 7) is 2.58. The Morgan fingerprint density at radius 3 is 2.68 bits per heavy atom. The summed E-state index contributed by atoms with van der Waals surface area (Å²) in [6.07, 6.45) is 4.96. The van der Waals surface area contributed by atoms with Crippen LogP contribution in [-0.4, -0.2) is 43.1 Å². The lowest BCUT2D eigenvalue weighted by atomic mass is 10.2. The Morgan fingerprint density at radius 2 is 1.92 bits per heavy atom. The Labute approximate surface area is 165 Å². The second-order valence-corrected chi connectivity index (χ2v) is 5.70. The fraction of sp³-hybridized carbons (Fsp3) is 0.333. The Hall–Kier alpha value is -2.03. The molecule has 1 amide bonds. The Balaban J connectivity index is 0.00000225. The van der Waals surface area contributed by atoms with Crippen LogP contribution < -0.4 is 15.5 Å². The van der Waals surface area contributed by atoms with Crippen molar-refractivity contribution < 1.29 is 4.79 Å². The minimum absolute atomic E-state index is 0. The SMILES string of the molecule is CN=C(NCCn1cccc1)NCC(=O)N1CCc2ccccc21.I. The van der Waals surface area contributed by atoms with Gasteiger partial charge in [-0.1, -0.05) is 18.2 Å². The molecule has 2 aromatic rings. The van der Waals surface area contributed by atoms with Crippen LogP contribution in [0.25, 0.3) is 0 Å². The van der Waals surface area contributed by atoms with Gasteiger partial charge in [-0.15, -0.1) is 24.0 Å². The monoisotopic (exact) mass is 453 g/mol. The van der Waals surface area contributed by atoms with E-state index in [-0.39, 0.29) is 36.4 Å². The lowest BCUT2D eigenvalue weighted by Gasteiger charge is -2.19. The number of aliphatic imine (C=N–C) groups is 1. The molecule has 1 aromatic carbocycles. The van der Waals surface area contributed by atoms with Crippen LogP contribution in [0.2, 0.25) is 0 Å². The van der Waals surface area contributed by atoms with Gasteiger partial charge in [0, 0.05) is 44.8 Å². The Kier molecular flexibility index (Phi) is 7.30. The van der Waals surface area contributed by atoms with Gasteiger partial charge in [-0.2, -0.15) is 0 Å². The summed E-state index contributed by atoms with van der Waals surface area (Å²) in [5, 5.41) is 6.32. The van der Waals surface area contributed by atoms with E-state index in [0.717, 1.165) is 31.7 Å². The van der Waals surface area contributed by atoms with E-state index in [4.69, 9.17) is 0 Å². The zero-order valence-corrected chi connectivity index (χ0v) is 16.6. The highest BCUT2D eigenvalue weighted by molar-refractivity contribution is 14.0. The summed E-state index contributed by atoms with van der Waals surface area (Å²) in [6, 6.07) is 12.1. The molecule has 134 valence electrons. The van der Waals surface area contributed by atoms with E-state index in [1.165, 1.54) is 5.56 Å². The first kappa shape index (κ1) is 19.3. The average Bonchev–Trinajstić information content (AvgIpc) is 3.27.